The summed E-state index contributed by atoms with van der Waals surface area (Å²) >= 11 is 0. The molecule has 5 saturated heterocycles. The fourth-order valence-corrected chi connectivity index (χ4v) is 10.3. The van der Waals surface area contributed by atoms with Crippen LogP contribution in [-0.4, -0.2) is 178 Å². The first-order valence-electron chi connectivity index (χ1n) is 24.3. The Labute approximate surface area is 393 Å². The molecule has 0 aromatic rings. The fourth-order valence-electron chi connectivity index (χ4n) is 10.3. The van der Waals surface area contributed by atoms with Gasteiger partial charge in [-0.25, -0.2) is 0 Å². The third kappa shape index (κ3) is 13.3. The van der Waals surface area contributed by atoms with Crippen LogP contribution in [-0.2, 0) is 43.2 Å². The lowest BCUT2D eigenvalue weighted by Crippen LogP contribution is -2.59. The van der Waals surface area contributed by atoms with Crippen LogP contribution in [0.4, 0.5) is 0 Å². The van der Waals surface area contributed by atoms with Gasteiger partial charge in [-0.1, -0.05) is 27.7 Å². The van der Waals surface area contributed by atoms with E-state index in [9.17, 15) is 43.2 Å². The lowest BCUT2D eigenvalue weighted by molar-refractivity contribution is -0.147. The van der Waals surface area contributed by atoms with Crippen molar-refractivity contribution in [2.75, 3.05) is 45.8 Å². The van der Waals surface area contributed by atoms with Crippen molar-refractivity contribution in [3.63, 3.8) is 0 Å². The van der Waals surface area contributed by atoms with Crippen LogP contribution in [0.1, 0.15) is 118 Å². The van der Waals surface area contributed by atoms with Gasteiger partial charge in [-0.3, -0.25) is 48.1 Å². The summed E-state index contributed by atoms with van der Waals surface area (Å²) in [5.41, 5.74) is 22.7. The molecule has 8 atom stereocenters. The van der Waals surface area contributed by atoms with Gasteiger partial charge in [0.1, 0.15) is 42.3 Å². The van der Waals surface area contributed by atoms with Crippen LogP contribution in [0.15, 0.2) is 4.99 Å². The number of hydrogen-bond acceptors (Lipinski definition) is 11. The molecule has 0 spiro atoms. The van der Waals surface area contributed by atoms with Gasteiger partial charge in [0.2, 0.25) is 53.2 Å². The Morgan fingerprint density at radius 1 is 0.552 bits per heavy atom. The van der Waals surface area contributed by atoms with E-state index in [4.69, 9.17) is 22.9 Å². The number of primary amides is 1. The minimum atomic E-state index is -1.04. The Morgan fingerprint density at radius 2 is 1.00 bits per heavy atom. The van der Waals surface area contributed by atoms with E-state index in [1.54, 1.807) is 4.90 Å². The number of hydrogen-bond donors (Lipinski definition) is 7. The van der Waals surface area contributed by atoms with Crippen LogP contribution in [0, 0.1) is 11.8 Å². The predicted octanol–water partition coefficient (Wildman–Crippen LogP) is -2.01. The smallest absolute Gasteiger partial charge is 0.246 e. The van der Waals surface area contributed by atoms with Crippen molar-refractivity contribution in [2.24, 2.45) is 39.8 Å². The number of guanidine groups is 1. The number of likely N-dealkylation sites (tertiary alicyclic amines) is 5. The van der Waals surface area contributed by atoms with Crippen molar-refractivity contribution in [3.8, 4) is 0 Å². The summed E-state index contributed by atoms with van der Waals surface area (Å²) in [5, 5.41) is 8.42. The van der Waals surface area contributed by atoms with Gasteiger partial charge in [0.05, 0.1) is 12.6 Å². The molecular weight excluding hydrogens is 867 g/mol. The molecule has 0 aromatic heterocycles. The fraction of sp³-hybridized carbons (Fsp3) is 0.778. The maximum atomic E-state index is 14.3. The maximum absolute atomic E-state index is 14.3. The van der Waals surface area contributed by atoms with Gasteiger partial charge in [0.15, 0.2) is 5.96 Å². The first kappa shape index (κ1) is 52.4. The van der Waals surface area contributed by atoms with E-state index in [1.807, 2.05) is 27.7 Å². The summed E-state index contributed by atoms with van der Waals surface area (Å²) in [7, 11) is 0. The van der Waals surface area contributed by atoms with Crippen LogP contribution < -0.4 is 38.9 Å². The normalized spacial score (nSPS) is 24.2. The summed E-state index contributed by atoms with van der Waals surface area (Å²) in [6.45, 7) is 9.10. The van der Waals surface area contributed by atoms with Crippen molar-refractivity contribution in [1.29, 1.82) is 0 Å². The molecule has 0 bridgehead atoms. The minimum absolute atomic E-state index is 0.0479. The molecule has 22 heteroatoms. The first-order valence-corrected chi connectivity index (χ1v) is 24.3. The number of aliphatic imine (C=N–C) groups is 1. The molecule has 5 fully saturated rings. The highest BCUT2D eigenvalue weighted by Crippen LogP contribution is 2.27. The van der Waals surface area contributed by atoms with E-state index >= 15 is 0 Å². The van der Waals surface area contributed by atoms with E-state index < -0.39 is 96.2 Å². The molecule has 0 unspecified atom stereocenters. The molecule has 0 aliphatic carbocycles. The molecule has 5 rings (SSSR count). The van der Waals surface area contributed by atoms with Crippen LogP contribution in [0.25, 0.3) is 0 Å². The number of nitrogens with one attached hydrogen (secondary N) is 3. The number of carbonyl (C=O) groups excluding carboxylic acids is 9. The van der Waals surface area contributed by atoms with E-state index in [0.717, 1.165) is 0 Å². The molecule has 0 saturated carbocycles. The average molecular weight is 942 g/mol. The third-order valence-corrected chi connectivity index (χ3v) is 13.6. The second kappa shape index (κ2) is 24.0. The van der Waals surface area contributed by atoms with Crippen LogP contribution >= 0.6 is 0 Å². The Hall–Kier alpha value is -5.54. The molecule has 0 radical (unpaired) electrons. The van der Waals surface area contributed by atoms with Crippen molar-refractivity contribution >= 4 is 59.1 Å². The molecule has 22 nitrogen and oxygen atoms in total. The van der Waals surface area contributed by atoms with Crippen molar-refractivity contribution in [1.82, 2.24) is 40.4 Å². The largest absolute Gasteiger partial charge is 0.370 e. The molecule has 374 valence electrons. The predicted molar refractivity (Wildman–Crippen MR) is 247 cm³/mol. The summed E-state index contributed by atoms with van der Waals surface area (Å²) in [6.07, 6.45) is 6.00. The number of rotatable bonds is 20. The van der Waals surface area contributed by atoms with E-state index in [0.29, 0.717) is 96.7 Å². The zero-order valence-electron chi connectivity index (χ0n) is 39.8. The van der Waals surface area contributed by atoms with E-state index in [2.05, 4.69) is 20.9 Å². The summed E-state index contributed by atoms with van der Waals surface area (Å²) in [5.74, 6) is -4.16. The second-order valence-electron chi connectivity index (χ2n) is 19.6. The minimum Gasteiger partial charge on any atom is -0.370 e. The summed E-state index contributed by atoms with van der Waals surface area (Å²) in [4.78, 5) is 134. The Balaban J connectivity index is 1.19. The molecule has 67 heavy (non-hydrogen) atoms. The SMILES string of the molecule is CC(C)C[C@H](NC(=O)[C@@H]1CCCN1C(=O)CNC(=O)[C@@H]1CCCN1C(=O)[C@@H]1CCCN1C(=O)[C@@H](N)CC(C)C)C(=O)N1CCC[C@H]1C(=O)N[C@@H](CCCN=C(N)N)C(=O)N1CCC[C@H]1C(N)=O. The Morgan fingerprint density at radius 3 is 1.55 bits per heavy atom. The van der Waals surface area contributed by atoms with Crippen molar-refractivity contribution in [3.05, 3.63) is 0 Å². The van der Waals surface area contributed by atoms with Gasteiger partial charge >= 0.3 is 0 Å². The molecule has 11 N–H and O–H groups in total. The van der Waals surface area contributed by atoms with Gasteiger partial charge in [-0.2, -0.15) is 0 Å². The molecular formula is C45H75N13O9. The van der Waals surface area contributed by atoms with Gasteiger partial charge in [-0.15, -0.1) is 0 Å². The second-order valence-corrected chi connectivity index (χ2v) is 19.6. The monoisotopic (exact) mass is 942 g/mol. The van der Waals surface area contributed by atoms with Crippen molar-refractivity contribution in [2.45, 2.75) is 166 Å². The number of carbonyl (C=O) groups is 9. The molecule has 5 aliphatic heterocycles. The highest BCUT2D eigenvalue weighted by molar-refractivity contribution is 5.98. The number of amides is 9. The van der Waals surface area contributed by atoms with Crippen LogP contribution in [0.5, 0.6) is 0 Å². The topological polar surface area (TPSA) is 322 Å². The van der Waals surface area contributed by atoms with Crippen LogP contribution in [0.2, 0.25) is 0 Å². The average Bonchev–Trinajstić information content (AvgIpc) is 4.14. The quantitative estimate of drug-likeness (QED) is 0.0396. The third-order valence-electron chi connectivity index (χ3n) is 13.6. The van der Waals surface area contributed by atoms with Gasteiger partial charge in [0.25, 0.3) is 0 Å². The lowest BCUT2D eigenvalue weighted by Gasteiger charge is -2.33. The van der Waals surface area contributed by atoms with E-state index in [1.165, 1.54) is 19.6 Å². The Kier molecular flexibility index (Phi) is 18.7. The molecule has 0 aromatic carbocycles. The van der Waals surface area contributed by atoms with Gasteiger partial charge in [0, 0.05) is 39.3 Å². The zero-order chi connectivity index (χ0) is 49.1. The summed E-state index contributed by atoms with van der Waals surface area (Å²) < 4.78 is 0. The highest BCUT2D eigenvalue weighted by Gasteiger charge is 2.45. The van der Waals surface area contributed by atoms with Crippen LogP contribution in [0.3, 0.4) is 0 Å². The standard InChI is InChI=1S/C45H75N13O9/c1-26(2)23-28(46)41(64)58-22-10-16-35(58)44(67)57-21-8-13-32(57)38(61)51-25-36(59)54-18-7-14-33(54)39(62)53-30(24-27(3)4)43(66)56-20-9-15-34(56)40(63)52-29(11-5-17-50-45(48)49)42(65)55-19-6-12-31(55)37(47)60/h26-35H,5-25,46H2,1-4H3,(H2,47,60)(H,51,61)(H,52,63)(H,53,62)(H4,48,49,50)/t28-,29-,30-,31-,32-,33-,34-,35-/m0/s1. The maximum Gasteiger partial charge on any atom is 0.246 e. The molecule has 5 aliphatic rings. The Bertz CT molecular complexity index is 1880. The van der Waals surface area contributed by atoms with Crippen molar-refractivity contribution < 1.29 is 43.2 Å². The number of nitrogens with two attached hydrogens (primary N) is 4. The molecule has 5 heterocycles. The van der Waals surface area contributed by atoms with Gasteiger partial charge in [-0.05, 0) is 102 Å². The highest BCUT2D eigenvalue weighted by atomic mass is 16.2. The summed E-state index contributed by atoms with van der Waals surface area (Å²) in [6, 6.07) is -6.96. The van der Waals surface area contributed by atoms with Gasteiger partial charge < -0.3 is 63.4 Å². The lowest BCUT2D eigenvalue weighted by atomic mass is 10.0. The van der Waals surface area contributed by atoms with E-state index in [-0.39, 0.29) is 62.1 Å². The first-order chi connectivity index (χ1) is 31.8. The number of nitrogens with zero attached hydrogens (tertiary/aromatic N) is 6. The molecule has 9 amide bonds. The zero-order valence-corrected chi connectivity index (χ0v) is 39.8.